The second kappa shape index (κ2) is 5.92. The molecule has 0 aliphatic carbocycles. The maximum atomic E-state index is 12.9. The zero-order valence-corrected chi connectivity index (χ0v) is 14.1. The number of rotatable bonds is 2. The first-order valence-electron chi connectivity index (χ1n) is 7.69. The number of nitrogens with zero attached hydrogens (tertiary/aromatic N) is 5. The van der Waals surface area contributed by atoms with E-state index in [-0.39, 0.29) is 11.5 Å². The molecule has 1 amide bonds. The van der Waals surface area contributed by atoms with Crippen molar-refractivity contribution in [2.24, 2.45) is 4.99 Å². The predicted octanol–water partition coefficient (Wildman–Crippen LogP) is 0.901. The average Bonchev–Trinajstić information content (AvgIpc) is 2.59. The number of aromatic nitrogens is 3. The fraction of sp³-hybridized carbons (Fsp3) is 0.294. The Morgan fingerprint density at radius 2 is 2.08 bits per heavy atom. The van der Waals surface area contributed by atoms with Crippen molar-refractivity contribution in [3.05, 3.63) is 51.9 Å². The van der Waals surface area contributed by atoms with E-state index in [1.165, 1.54) is 9.30 Å². The molecule has 0 N–H and O–H groups in total. The molecule has 0 radical (unpaired) electrons. The molecule has 3 rings (SSSR count). The summed E-state index contributed by atoms with van der Waals surface area (Å²) in [7, 11) is 4.98. The molecule has 0 saturated heterocycles. The van der Waals surface area contributed by atoms with Gasteiger partial charge in [0.15, 0.2) is 0 Å². The van der Waals surface area contributed by atoms with Crippen LogP contribution in [0.2, 0.25) is 0 Å². The van der Waals surface area contributed by atoms with Crippen molar-refractivity contribution in [2.45, 2.75) is 13.5 Å². The minimum Gasteiger partial charge on any atom is -0.345 e. The molecule has 3 aromatic rings. The first-order chi connectivity index (χ1) is 11.5. The van der Waals surface area contributed by atoms with Gasteiger partial charge in [-0.2, -0.15) is 0 Å². The van der Waals surface area contributed by atoms with Crippen LogP contribution in [0.5, 0.6) is 0 Å². The summed E-state index contributed by atoms with van der Waals surface area (Å²) in [6.45, 7) is 2.49. The highest BCUT2D eigenvalue weighted by molar-refractivity contribution is 5.96. The summed E-state index contributed by atoms with van der Waals surface area (Å²) in [4.78, 5) is 35.7. The van der Waals surface area contributed by atoms with Gasteiger partial charge in [0.25, 0.3) is 11.5 Å². The maximum Gasteiger partial charge on any atom is 0.267 e. The number of amides is 1. The number of hydrogen-bond acceptors (Lipinski definition) is 4. The molecule has 0 saturated carbocycles. The Bertz CT molecular complexity index is 1080. The molecule has 0 aliphatic rings. The molecule has 0 bridgehead atoms. The van der Waals surface area contributed by atoms with Gasteiger partial charge in [0.2, 0.25) is 0 Å². The van der Waals surface area contributed by atoms with E-state index >= 15 is 0 Å². The summed E-state index contributed by atoms with van der Waals surface area (Å²) in [6, 6.07) is 6.99. The van der Waals surface area contributed by atoms with Crippen LogP contribution in [0.25, 0.3) is 16.7 Å². The van der Waals surface area contributed by atoms with Crippen LogP contribution >= 0.6 is 0 Å². The van der Waals surface area contributed by atoms with Gasteiger partial charge in [0.1, 0.15) is 16.8 Å². The highest BCUT2D eigenvalue weighted by atomic mass is 16.2. The van der Waals surface area contributed by atoms with Crippen LogP contribution in [0, 0.1) is 0 Å². The third-order valence-corrected chi connectivity index (χ3v) is 3.95. The third kappa shape index (κ3) is 2.29. The van der Waals surface area contributed by atoms with Crippen LogP contribution in [0.4, 0.5) is 0 Å². The molecule has 7 nitrogen and oxygen atoms in total. The fourth-order valence-corrected chi connectivity index (χ4v) is 2.82. The lowest BCUT2D eigenvalue weighted by Gasteiger charge is -2.16. The first-order valence-corrected chi connectivity index (χ1v) is 7.69. The number of carbonyl (C=O) groups is 1. The van der Waals surface area contributed by atoms with E-state index in [1.807, 2.05) is 13.0 Å². The number of pyridine rings is 2. The van der Waals surface area contributed by atoms with Gasteiger partial charge >= 0.3 is 0 Å². The highest BCUT2D eigenvalue weighted by Gasteiger charge is 2.18. The van der Waals surface area contributed by atoms with Crippen molar-refractivity contribution in [2.75, 3.05) is 21.1 Å². The molecule has 3 heterocycles. The Balaban J connectivity index is 2.57. The van der Waals surface area contributed by atoms with Crippen LogP contribution < -0.4 is 11.0 Å². The molecule has 0 aromatic carbocycles. The minimum atomic E-state index is -0.201. The van der Waals surface area contributed by atoms with E-state index in [4.69, 9.17) is 0 Å². The second-order valence-electron chi connectivity index (χ2n) is 5.63. The van der Waals surface area contributed by atoms with Crippen molar-refractivity contribution in [1.29, 1.82) is 0 Å². The summed E-state index contributed by atoms with van der Waals surface area (Å²) in [5, 5.41) is 0.401. The molecule has 124 valence electrons. The molecule has 0 aliphatic heterocycles. The Morgan fingerprint density at radius 1 is 1.33 bits per heavy atom. The normalized spacial score (nSPS) is 12.1. The minimum absolute atomic E-state index is 0.197. The summed E-state index contributed by atoms with van der Waals surface area (Å²) in [6.07, 6.45) is 1.67. The van der Waals surface area contributed by atoms with Gasteiger partial charge in [0, 0.05) is 33.9 Å². The van der Waals surface area contributed by atoms with Crippen molar-refractivity contribution in [3.8, 4) is 0 Å². The van der Waals surface area contributed by atoms with Crippen molar-refractivity contribution in [3.63, 3.8) is 0 Å². The number of aryl methyl sites for hydroxylation is 1. The van der Waals surface area contributed by atoms with Crippen LogP contribution in [-0.4, -0.2) is 45.9 Å². The average molecular weight is 325 g/mol. The topological polar surface area (TPSA) is 72.0 Å². The molecule has 0 unspecified atom stereocenters. The zero-order chi connectivity index (χ0) is 17.4. The van der Waals surface area contributed by atoms with Gasteiger partial charge in [0.05, 0.1) is 10.9 Å². The third-order valence-electron chi connectivity index (χ3n) is 3.95. The van der Waals surface area contributed by atoms with E-state index in [0.29, 0.717) is 34.3 Å². The SMILES string of the molecule is CCn1/c(=N/C)c(C(=O)N(C)C)cc2c(=O)n3ccccc3nc21. The van der Waals surface area contributed by atoms with Crippen molar-refractivity contribution in [1.82, 2.24) is 18.9 Å². The van der Waals surface area contributed by atoms with Crippen molar-refractivity contribution >= 4 is 22.6 Å². The van der Waals surface area contributed by atoms with Gasteiger partial charge < -0.3 is 9.47 Å². The molecule has 0 fully saturated rings. The molecular formula is C17H19N5O2. The monoisotopic (exact) mass is 325 g/mol. The maximum absolute atomic E-state index is 12.9. The Labute approximate surface area is 138 Å². The highest BCUT2D eigenvalue weighted by Crippen LogP contribution is 2.11. The number of carbonyl (C=O) groups excluding carboxylic acids is 1. The Kier molecular flexibility index (Phi) is 3.92. The smallest absolute Gasteiger partial charge is 0.267 e. The predicted molar refractivity (Wildman–Crippen MR) is 92.1 cm³/mol. The lowest BCUT2D eigenvalue weighted by Crippen LogP contribution is -2.34. The molecule has 3 aromatic heterocycles. The van der Waals surface area contributed by atoms with Crippen LogP contribution in [0.15, 0.2) is 40.2 Å². The first kappa shape index (κ1) is 15.9. The van der Waals surface area contributed by atoms with Crippen molar-refractivity contribution < 1.29 is 4.79 Å². The van der Waals surface area contributed by atoms with Crippen LogP contribution in [-0.2, 0) is 6.54 Å². The molecular weight excluding hydrogens is 306 g/mol. The molecule has 0 spiro atoms. The summed E-state index contributed by atoms with van der Waals surface area (Å²) in [5.74, 6) is -0.197. The summed E-state index contributed by atoms with van der Waals surface area (Å²) < 4.78 is 3.29. The number of fused-ring (bicyclic) bond motifs is 2. The van der Waals surface area contributed by atoms with Crippen LogP contribution in [0.1, 0.15) is 17.3 Å². The van der Waals surface area contributed by atoms with E-state index in [0.717, 1.165) is 0 Å². The lowest BCUT2D eigenvalue weighted by atomic mass is 10.2. The van der Waals surface area contributed by atoms with Gasteiger partial charge in [-0.25, -0.2) is 4.98 Å². The molecule has 7 heteroatoms. The summed E-state index contributed by atoms with van der Waals surface area (Å²) >= 11 is 0. The van der Waals surface area contributed by atoms with E-state index in [9.17, 15) is 9.59 Å². The largest absolute Gasteiger partial charge is 0.345 e. The lowest BCUT2D eigenvalue weighted by molar-refractivity contribution is 0.0825. The zero-order valence-electron chi connectivity index (χ0n) is 14.1. The van der Waals surface area contributed by atoms with Gasteiger partial charge in [-0.05, 0) is 25.1 Å². The molecule has 24 heavy (non-hydrogen) atoms. The molecule has 0 atom stereocenters. The van der Waals surface area contributed by atoms with E-state index < -0.39 is 0 Å². The van der Waals surface area contributed by atoms with E-state index in [2.05, 4.69) is 9.98 Å². The quantitative estimate of drug-likeness (QED) is 0.657. The van der Waals surface area contributed by atoms with Gasteiger partial charge in [-0.3, -0.25) is 19.0 Å². The Morgan fingerprint density at radius 3 is 2.71 bits per heavy atom. The van der Waals surface area contributed by atoms with Gasteiger partial charge in [-0.1, -0.05) is 6.07 Å². The summed E-state index contributed by atoms with van der Waals surface area (Å²) in [5.41, 5.74) is 1.81. The number of hydrogen-bond donors (Lipinski definition) is 0. The Hall–Kier alpha value is -2.96. The fourth-order valence-electron chi connectivity index (χ4n) is 2.82. The van der Waals surface area contributed by atoms with Gasteiger partial charge in [-0.15, -0.1) is 0 Å². The van der Waals surface area contributed by atoms with Crippen LogP contribution in [0.3, 0.4) is 0 Å². The standard InChI is InChI=1S/C17H19N5O2/c1-5-21-14(18-2)11(16(23)20(3)4)10-12-15(21)19-13-8-6-7-9-22(13)17(12)24/h6-10H,5H2,1-4H3/b18-14+. The van der Waals surface area contributed by atoms with E-state index in [1.54, 1.807) is 50.1 Å². The second-order valence-corrected chi connectivity index (χ2v) is 5.63.